The Labute approximate surface area is 150 Å². The van der Waals surface area contributed by atoms with E-state index in [4.69, 9.17) is 9.84 Å². The highest BCUT2D eigenvalue weighted by molar-refractivity contribution is 5.96. The van der Waals surface area contributed by atoms with Crippen LogP contribution in [0.2, 0.25) is 0 Å². The van der Waals surface area contributed by atoms with E-state index in [1.807, 2.05) is 13.8 Å². The number of amides is 2. The molecule has 1 heterocycles. The molecule has 7 nitrogen and oxygen atoms in total. The molecule has 2 rings (SSSR count). The molecule has 142 valence electrons. The standard InChI is InChI=1S/C18H23FN2O5/c1-11(2)7-15(22)20-14-4-3-12(8-13(14)19)17(25)21-18(9-16(23)24)5-6-26-10-18/h3-4,8,11H,5-7,9-10H2,1-2H3,(H,20,22)(H,21,25)(H,23,24). The van der Waals surface area contributed by atoms with Crippen LogP contribution in [0.1, 0.15) is 43.5 Å². The molecule has 0 aromatic heterocycles. The van der Waals surface area contributed by atoms with Crippen LogP contribution in [0.5, 0.6) is 0 Å². The van der Waals surface area contributed by atoms with Crippen LogP contribution in [0.3, 0.4) is 0 Å². The topological polar surface area (TPSA) is 105 Å². The fraction of sp³-hybridized carbons (Fsp3) is 0.500. The highest BCUT2D eigenvalue weighted by Gasteiger charge is 2.38. The zero-order valence-corrected chi connectivity index (χ0v) is 14.8. The van der Waals surface area contributed by atoms with Crippen molar-refractivity contribution >= 4 is 23.5 Å². The van der Waals surface area contributed by atoms with Crippen molar-refractivity contribution in [3.63, 3.8) is 0 Å². The number of carbonyl (C=O) groups excluding carboxylic acids is 2. The van der Waals surface area contributed by atoms with E-state index in [1.54, 1.807) is 0 Å². The van der Waals surface area contributed by atoms with Crippen LogP contribution in [-0.4, -0.2) is 41.6 Å². The number of anilines is 1. The van der Waals surface area contributed by atoms with Crippen molar-refractivity contribution in [2.45, 2.75) is 38.6 Å². The van der Waals surface area contributed by atoms with Crippen molar-refractivity contribution in [3.8, 4) is 0 Å². The zero-order valence-electron chi connectivity index (χ0n) is 14.8. The van der Waals surface area contributed by atoms with Crippen LogP contribution in [-0.2, 0) is 14.3 Å². The summed E-state index contributed by atoms with van der Waals surface area (Å²) in [6, 6.07) is 3.72. The van der Waals surface area contributed by atoms with Gasteiger partial charge in [0.1, 0.15) is 5.82 Å². The molecule has 1 saturated heterocycles. The van der Waals surface area contributed by atoms with Crippen LogP contribution in [0.15, 0.2) is 18.2 Å². The van der Waals surface area contributed by atoms with Gasteiger partial charge in [0.2, 0.25) is 5.91 Å². The number of aliphatic carboxylic acids is 1. The summed E-state index contributed by atoms with van der Waals surface area (Å²) in [6.07, 6.45) is 0.362. The first-order valence-electron chi connectivity index (χ1n) is 8.42. The Morgan fingerprint density at radius 3 is 2.62 bits per heavy atom. The second-order valence-electron chi connectivity index (χ2n) is 6.95. The van der Waals surface area contributed by atoms with Crippen LogP contribution in [0, 0.1) is 11.7 Å². The molecule has 0 saturated carbocycles. The van der Waals surface area contributed by atoms with E-state index in [-0.39, 0.29) is 42.5 Å². The van der Waals surface area contributed by atoms with E-state index in [0.717, 1.165) is 6.07 Å². The Bertz CT molecular complexity index is 699. The molecule has 0 radical (unpaired) electrons. The molecule has 2 amide bonds. The number of carbonyl (C=O) groups is 3. The Morgan fingerprint density at radius 1 is 1.35 bits per heavy atom. The van der Waals surface area contributed by atoms with Crippen LogP contribution >= 0.6 is 0 Å². The molecular weight excluding hydrogens is 343 g/mol. The van der Waals surface area contributed by atoms with Gasteiger partial charge in [-0.1, -0.05) is 13.8 Å². The zero-order chi connectivity index (χ0) is 19.3. The van der Waals surface area contributed by atoms with E-state index in [2.05, 4.69) is 10.6 Å². The lowest BCUT2D eigenvalue weighted by Gasteiger charge is -2.27. The van der Waals surface area contributed by atoms with Crippen molar-refractivity contribution in [1.82, 2.24) is 5.32 Å². The first kappa shape index (κ1) is 19.8. The maximum atomic E-state index is 14.2. The molecule has 8 heteroatoms. The predicted molar refractivity (Wildman–Crippen MR) is 92.4 cm³/mol. The van der Waals surface area contributed by atoms with Gasteiger partial charge < -0.3 is 20.5 Å². The van der Waals surface area contributed by atoms with Gasteiger partial charge in [-0.25, -0.2) is 4.39 Å². The quantitative estimate of drug-likeness (QED) is 0.686. The second-order valence-corrected chi connectivity index (χ2v) is 6.95. The minimum absolute atomic E-state index is 0.00310. The van der Waals surface area contributed by atoms with Gasteiger partial charge in [0, 0.05) is 18.6 Å². The molecule has 1 aromatic rings. The number of benzene rings is 1. The Morgan fingerprint density at radius 2 is 2.08 bits per heavy atom. The molecular formula is C18H23FN2O5. The van der Waals surface area contributed by atoms with Gasteiger partial charge in [-0.3, -0.25) is 14.4 Å². The van der Waals surface area contributed by atoms with Gasteiger partial charge in [-0.2, -0.15) is 0 Å². The number of ether oxygens (including phenoxy) is 1. The van der Waals surface area contributed by atoms with Crippen molar-refractivity contribution in [2.24, 2.45) is 5.92 Å². The molecule has 3 N–H and O–H groups in total. The molecule has 1 aliphatic heterocycles. The maximum absolute atomic E-state index is 14.2. The maximum Gasteiger partial charge on any atom is 0.305 e. The number of rotatable bonds is 7. The third kappa shape index (κ3) is 5.26. The number of nitrogens with one attached hydrogen (secondary N) is 2. The summed E-state index contributed by atoms with van der Waals surface area (Å²) in [4.78, 5) is 35.2. The third-order valence-electron chi connectivity index (χ3n) is 4.07. The van der Waals surface area contributed by atoms with Gasteiger partial charge in [-0.05, 0) is 30.5 Å². The van der Waals surface area contributed by atoms with Gasteiger partial charge >= 0.3 is 5.97 Å². The predicted octanol–water partition coefficient (Wildman–Crippen LogP) is 2.17. The van der Waals surface area contributed by atoms with E-state index in [0.29, 0.717) is 13.0 Å². The van der Waals surface area contributed by atoms with Crippen LogP contribution in [0.25, 0.3) is 0 Å². The molecule has 1 aromatic carbocycles. The van der Waals surface area contributed by atoms with Crippen molar-refractivity contribution in [1.29, 1.82) is 0 Å². The van der Waals surface area contributed by atoms with Gasteiger partial charge in [0.25, 0.3) is 5.91 Å². The van der Waals surface area contributed by atoms with Gasteiger partial charge in [0.05, 0.1) is 24.3 Å². The normalized spacial score (nSPS) is 19.4. The van der Waals surface area contributed by atoms with E-state index >= 15 is 0 Å². The highest BCUT2D eigenvalue weighted by Crippen LogP contribution is 2.24. The fourth-order valence-corrected chi connectivity index (χ4v) is 2.82. The van der Waals surface area contributed by atoms with Crippen LogP contribution < -0.4 is 10.6 Å². The van der Waals surface area contributed by atoms with E-state index in [1.165, 1.54) is 12.1 Å². The minimum atomic E-state index is -1.05. The Hall–Kier alpha value is -2.48. The van der Waals surface area contributed by atoms with Crippen molar-refractivity contribution in [2.75, 3.05) is 18.5 Å². The lowest BCUT2D eigenvalue weighted by atomic mass is 9.93. The fourth-order valence-electron chi connectivity index (χ4n) is 2.82. The van der Waals surface area contributed by atoms with E-state index < -0.39 is 23.2 Å². The van der Waals surface area contributed by atoms with Gasteiger partial charge in [0.15, 0.2) is 0 Å². The lowest BCUT2D eigenvalue weighted by molar-refractivity contribution is -0.138. The van der Waals surface area contributed by atoms with Gasteiger partial charge in [-0.15, -0.1) is 0 Å². The number of carboxylic acid groups (broad SMARTS) is 1. The average molecular weight is 366 g/mol. The number of hydrogen-bond donors (Lipinski definition) is 3. The molecule has 0 bridgehead atoms. The average Bonchev–Trinajstić information content (AvgIpc) is 2.95. The van der Waals surface area contributed by atoms with Crippen LogP contribution in [0.4, 0.5) is 10.1 Å². The number of carboxylic acids is 1. The molecule has 1 aliphatic rings. The molecule has 1 atom stereocenters. The molecule has 0 aliphatic carbocycles. The summed E-state index contributed by atoms with van der Waals surface area (Å²) in [7, 11) is 0. The SMILES string of the molecule is CC(C)CC(=O)Nc1ccc(C(=O)NC2(CC(=O)O)CCOC2)cc1F. The third-order valence-corrected chi connectivity index (χ3v) is 4.07. The second kappa shape index (κ2) is 8.27. The number of halogens is 1. The minimum Gasteiger partial charge on any atom is -0.481 e. The monoisotopic (exact) mass is 366 g/mol. The first-order valence-corrected chi connectivity index (χ1v) is 8.42. The summed E-state index contributed by atoms with van der Waals surface area (Å²) in [6.45, 7) is 4.20. The highest BCUT2D eigenvalue weighted by atomic mass is 19.1. The summed E-state index contributed by atoms with van der Waals surface area (Å²) < 4.78 is 19.4. The Kier molecular flexibility index (Phi) is 6.31. The van der Waals surface area contributed by atoms with E-state index in [9.17, 15) is 18.8 Å². The molecule has 1 unspecified atom stereocenters. The molecule has 26 heavy (non-hydrogen) atoms. The Balaban J connectivity index is 2.08. The van der Waals surface area contributed by atoms with Crippen molar-refractivity contribution < 1.29 is 28.6 Å². The number of hydrogen-bond acceptors (Lipinski definition) is 4. The largest absolute Gasteiger partial charge is 0.481 e. The van der Waals surface area contributed by atoms with Crippen molar-refractivity contribution in [3.05, 3.63) is 29.6 Å². The smallest absolute Gasteiger partial charge is 0.305 e. The lowest BCUT2D eigenvalue weighted by Crippen LogP contribution is -2.50. The summed E-state index contributed by atoms with van der Waals surface area (Å²) in [5.74, 6) is -2.53. The molecule has 1 fully saturated rings. The summed E-state index contributed by atoms with van der Waals surface area (Å²) in [5, 5.41) is 14.2. The molecule has 0 spiro atoms. The summed E-state index contributed by atoms with van der Waals surface area (Å²) >= 11 is 0. The first-order chi connectivity index (χ1) is 12.2. The summed E-state index contributed by atoms with van der Waals surface area (Å²) in [5.41, 5.74) is -0.957.